The van der Waals surface area contributed by atoms with Crippen molar-refractivity contribution in [1.82, 2.24) is 24.1 Å². The fourth-order valence-corrected chi connectivity index (χ4v) is 3.58. The Balaban J connectivity index is 2.19. The van der Waals surface area contributed by atoms with Gasteiger partial charge in [-0.25, -0.2) is 18.1 Å². The van der Waals surface area contributed by atoms with Gasteiger partial charge in [0.15, 0.2) is 5.82 Å². The Morgan fingerprint density at radius 3 is 2.70 bits per heavy atom. The number of rotatable bonds is 5. The zero-order valence-electron chi connectivity index (χ0n) is 11.6. The Labute approximate surface area is 117 Å². The fourth-order valence-electron chi connectivity index (χ4n) is 2.02. The van der Waals surface area contributed by atoms with Gasteiger partial charge in [0.2, 0.25) is 10.0 Å². The number of aromatic nitrogens is 4. The molecule has 1 atom stereocenters. The third-order valence-electron chi connectivity index (χ3n) is 2.97. The molecule has 0 saturated carbocycles. The van der Waals surface area contributed by atoms with E-state index in [2.05, 4.69) is 14.8 Å². The van der Waals surface area contributed by atoms with E-state index in [-0.39, 0.29) is 16.8 Å². The molecule has 0 fully saturated rings. The Bertz CT molecular complexity index is 689. The molecule has 3 N–H and O–H groups in total. The van der Waals surface area contributed by atoms with Crippen molar-refractivity contribution in [2.45, 2.75) is 31.3 Å². The number of nitrogens with one attached hydrogen (secondary N) is 1. The molecule has 1 unspecified atom stereocenters. The monoisotopic (exact) mass is 298 g/mol. The molecular formula is C11H18N6O2S. The number of anilines is 1. The van der Waals surface area contributed by atoms with Crippen LogP contribution in [0.1, 0.15) is 12.6 Å². The summed E-state index contributed by atoms with van der Waals surface area (Å²) in [6.45, 7) is 3.93. The number of nitrogen functional groups attached to an aromatic ring is 1. The van der Waals surface area contributed by atoms with Crippen molar-refractivity contribution in [3.05, 3.63) is 24.4 Å². The lowest BCUT2D eigenvalue weighted by molar-refractivity contribution is 0.520. The summed E-state index contributed by atoms with van der Waals surface area (Å²) in [5.41, 5.74) is 6.18. The molecule has 0 aliphatic rings. The smallest absolute Gasteiger partial charge is 0.246 e. The van der Waals surface area contributed by atoms with Crippen LogP contribution in [-0.4, -0.2) is 33.8 Å². The molecule has 0 bridgehead atoms. The summed E-state index contributed by atoms with van der Waals surface area (Å²) in [4.78, 5) is 3.95. The molecule has 110 valence electrons. The summed E-state index contributed by atoms with van der Waals surface area (Å²) in [5.74, 6) is 0.00679. The number of hydrogen-bond donors (Lipinski definition) is 2. The first-order valence-electron chi connectivity index (χ1n) is 6.08. The average Bonchev–Trinajstić information content (AvgIpc) is 2.87. The van der Waals surface area contributed by atoms with Crippen LogP contribution in [0.5, 0.6) is 0 Å². The van der Waals surface area contributed by atoms with Crippen LogP contribution in [0.3, 0.4) is 0 Å². The lowest BCUT2D eigenvalue weighted by Crippen LogP contribution is -2.36. The average molecular weight is 298 g/mol. The van der Waals surface area contributed by atoms with E-state index >= 15 is 0 Å². The highest BCUT2D eigenvalue weighted by Gasteiger charge is 2.26. The topological polar surface area (TPSA) is 108 Å². The Kier molecular flexibility index (Phi) is 3.82. The number of hydrogen-bond acceptors (Lipinski definition) is 5. The van der Waals surface area contributed by atoms with Crippen LogP contribution in [0.25, 0.3) is 0 Å². The highest BCUT2D eigenvalue weighted by Crippen LogP contribution is 2.21. The van der Waals surface area contributed by atoms with Gasteiger partial charge in [-0.15, -0.1) is 0 Å². The molecule has 0 amide bonds. The lowest BCUT2D eigenvalue weighted by Gasteiger charge is -2.14. The van der Waals surface area contributed by atoms with Gasteiger partial charge in [0.1, 0.15) is 4.90 Å². The van der Waals surface area contributed by atoms with E-state index in [0.29, 0.717) is 12.2 Å². The van der Waals surface area contributed by atoms with E-state index in [0.717, 1.165) is 0 Å². The van der Waals surface area contributed by atoms with Crippen LogP contribution in [0.15, 0.2) is 23.6 Å². The van der Waals surface area contributed by atoms with Gasteiger partial charge in [0.25, 0.3) is 0 Å². The molecule has 0 radical (unpaired) electrons. The lowest BCUT2D eigenvalue weighted by atomic mass is 10.4. The van der Waals surface area contributed by atoms with Crippen molar-refractivity contribution in [3.63, 3.8) is 0 Å². The molecule has 2 rings (SSSR count). The molecule has 0 saturated heterocycles. The van der Waals surface area contributed by atoms with Gasteiger partial charge in [-0.1, -0.05) is 0 Å². The molecule has 9 heteroatoms. The molecule has 20 heavy (non-hydrogen) atoms. The van der Waals surface area contributed by atoms with Gasteiger partial charge in [0.05, 0.1) is 12.0 Å². The fraction of sp³-hybridized carbons (Fsp3) is 0.455. The SMILES string of the molecule is Cc1c(S(=O)(=O)NC(C)Cn2ccnc2)c(N)nn1C. The number of nitrogens with two attached hydrogens (primary N) is 1. The largest absolute Gasteiger partial charge is 0.381 e. The van der Waals surface area contributed by atoms with Gasteiger partial charge in [-0.3, -0.25) is 4.68 Å². The van der Waals surface area contributed by atoms with Gasteiger partial charge < -0.3 is 10.3 Å². The summed E-state index contributed by atoms with van der Waals surface area (Å²) in [5, 5.41) is 3.92. The van der Waals surface area contributed by atoms with Crippen molar-refractivity contribution in [2.24, 2.45) is 7.05 Å². The molecule has 0 spiro atoms. The van der Waals surface area contributed by atoms with Gasteiger partial charge >= 0.3 is 0 Å². The van der Waals surface area contributed by atoms with E-state index in [4.69, 9.17) is 5.73 Å². The summed E-state index contributed by atoms with van der Waals surface area (Å²) in [6.07, 6.45) is 5.05. The third-order valence-corrected chi connectivity index (χ3v) is 4.73. The number of aryl methyl sites for hydroxylation is 1. The second kappa shape index (κ2) is 5.25. The summed E-state index contributed by atoms with van der Waals surface area (Å²) < 4.78 is 30.6. The first kappa shape index (κ1) is 14.5. The van der Waals surface area contributed by atoms with Crippen molar-refractivity contribution in [1.29, 1.82) is 0 Å². The first-order chi connectivity index (χ1) is 9.31. The Morgan fingerprint density at radius 2 is 2.20 bits per heavy atom. The van der Waals surface area contributed by atoms with Crippen molar-refractivity contribution in [3.8, 4) is 0 Å². The van der Waals surface area contributed by atoms with Crippen LogP contribution in [0.4, 0.5) is 5.82 Å². The minimum Gasteiger partial charge on any atom is -0.381 e. The maximum Gasteiger partial charge on any atom is 0.246 e. The first-order valence-corrected chi connectivity index (χ1v) is 7.56. The second-order valence-corrected chi connectivity index (χ2v) is 6.36. The molecule has 0 aliphatic carbocycles. The summed E-state index contributed by atoms with van der Waals surface area (Å²) in [7, 11) is -2.04. The van der Waals surface area contributed by atoms with Gasteiger partial charge in [-0.2, -0.15) is 5.10 Å². The molecule has 0 aromatic carbocycles. The zero-order valence-corrected chi connectivity index (χ0v) is 12.4. The second-order valence-electron chi connectivity index (χ2n) is 4.71. The van der Waals surface area contributed by atoms with Crippen LogP contribution < -0.4 is 10.5 Å². The van der Waals surface area contributed by atoms with E-state index in [9.17, 15) is 8.42 Å². The third kappa shape index (κ3) is 2.83. The Morgan fingerprint density at radius 1 is 1.50 bits per heavy atom. The molecule has 2 aromatic rings. The highest BCUT2D eigenvalue weighted by molar-refractivity contribution is 7.89. The standard InChI is InChI=1S/C11H18N6O2S/c1-8(6-17-5-4-13-7-17)15-20(18,19)10-9(2)16(3)14-11(10)12/h4-5,7-8,15H,6H2,1-3H3,(H2,12,14). The number of imidazole rings is 1. The van der Waals surface area contributed by atoms with Gasteiger partial charge in [-0.05, 0) is 13.8 Å². The maximum absolute atomic E-state index is 12.4. The molecule has 2 heterocycles. The molecule has 0 aliphatic heterocycles. The van der Waals surface area contributed by atoms with E-state index in [1.165, 1.54) is 4.68 Å². The van der Waals surface area contributed by atoms with Crippen molar-refractivity contribution >= 4 is 15.8 Å². The summed E-state index contributed by atoms with van der Waals surface area (Å²) in [6, 6.07) is -0.298. The van der Waals surface area contributed by atoms with E-state index < -0.39 is 10.0 Å². The highest BCUT2D eigenvalue weighted by atomic mass is 32.2. The van der Waals surface area contributed by atoms with Crippen molar-refractivity contribution < 1.29 is 8.42 Å². The predicted octanol–water partition coefficient (Wildman–Crippen LogP) is -0.126. The van der Waals surface area contributed by atoms with Crippen LogP contribution >= 0.6 is 0 Å². The van der Waals surface area contributed by atoms with E-state index in [1.54, 1.807) is 44.2 Å². The molecule has 2 aromatic heterocycles. The van der Waals surface area contributed by atoms with Gasteiger partial charge in [0, 0.05) is 32.0 Å². The summed E-state index contributed by atoms with van der Waals surface area (Å²) >= 11 is 0. The van der Waals surface area contributed by atoms with Crippen molar-refractivity contribution in [2.75, 3.05) is 5.73 Å². The number of nitrogens with zero attached hydrogens (tertiary/aromatic N) is 4. The minimum absolute atomic E-state index is 0.00679. The normalized spacial score (nSPS) is 13.6. The predicted molar refractivity (Wildman–Crippen MR) is 74.4 cm³/mol. The van der Waals surface area contributed by atoms with Crippen LogP contribution in [0, 0.1) is 6.92 Å². The quantitative estimate of drug-likeness (QED) is 0.799. The molecular weight excluding hydrogens is 280 g/mol. The Hall–Kier alpha value is -1.87. The zero-order chi connectivity index (χ0) is 14.9. The van der Waals surface area contributed by atoms with E-state index in [1.807, 2.05) is 0 Å². The maximum atomic E-state index is 12.4. The number of sulfonamides is 1. The molecule has 8 nitrogen and oxygen atoms in total. The van der Waals surface area contributed by atoms with Crippen LogP contribution in [-0.2, 0) is 23.6 Å². The minimum atomic E-state index is -3.70. The van der Waals surface area contributed by atoms with Crippen LogP contribution in [0.2, 0.25) is 0 Å².